The molecule has 5 atom stereocenters. The number of hydrogen-bond acceptors (Lipinski definition) is 11. The van der Waals surface area contributed by atoms with E-state index in [1.165, 1.54) is 23.5 Å². The Morgan fingerprint density at radius 2 is 1.86 bits per heavy atom. The van der Waals surface area contributed by atoms with Crippen molar-refractivity contribution in [3.63, 3.8) is 0 Å². The Bertz CT molecular complexity index is 1080. The molecule has 3 heterocycles. The summed E-state index contributed by atoms with van der Waals surface area (Å²) in [5.74, 6) is 1.93. The van der Waals surface area contributed by atoms with E-state index in [4.69, 9.17) is 9.73 Å². The van der Waals surface area contributed by atoms with Gasteiger partial charge in [0.25, 0.3) is 0 Å². The van der Waals surface area contributed by atoms with Crippen LogP contribution in [0.1, 0.15) is 32.6 Å². The largest absolute Gasteiger partial charge is 0.394 e. The zero-order valence-electron chi connectivity index (χ0n) is 19.6. The third-order valence-corrected chi connectivity index (χ3v) is 10.5. The normalized spacial score (nSPS) is 36.2. The summed E-state index contributed by atoms with van der Waals surface area (Å²) in [7, 11) is 0. The summed E-state index contributed by atoms with van der Waals surface area (Å²) in [5.41, 5.74) is -0.0330. The van der Waals surface area contributed by atoms with E-state index in [0.29, 0.717) is 21.1 Å². The lowest BCUT2D eigenvalue weighted by atomic mass is 9.85. The Labute approximate surface area is 220 Å². The highest BCUT2D eigenvalue weighted by atomic mass is 32.2. The summed E-state index contributed by atoms with van der Waals surface area (Å²) in [6, 6.07) is 6.51. The van der Waals surface area contributed by atoms with E-state index < -0.39 is 36.5 Å². The molecule has 5 rings (SSSR count). The van der Waals surface area contributed by atoms with Gasteiger partial charge in [0, 0.05) is 5.69 Å². The molecule has 0 bridgehead atoms. The van der Waals surface area contributed by atoms with E-state index in [-0.39, 0.29) is 10.7 Å². The Balaban J connectivity index is 1.37. The van der Waals surface area contributed by atoms with Gasteiger partial charge in [-0.3, -0.25) is 0 Å². The van der Waals surface area contributed by atoms with Crippen LogP contribution in [0.3, 0.4) is 0 Å². The number of aliphatic hydroxyl groups excluding tert-OH is 4. The van der Waals surface area contributed by atoms with Crippen LogP contribution in [0.25, 0.3) is 0 Å². The second-order valence-corrected chi connectivity index (χ2v) is 13.1. The molecule has 2 aromatic rings. The van der Waals surface area contributed by atoms with Gasteiger partial charge in [-0.25, -0.2) is 9.38 Å². The molecule has 1 unspecified atom stereocenters. The summed E-state index contributed by atoms with van der Waals surface area (Å²) in [6.45, 7) is 1.79. The fraction of sp³-hybridized carbons (Fsp3) is 0.609. The highest BCUT2D eigenvalue weighted by molar-refractivity contribution is 8.02. The fourth-order valence-corrected chi connectivity index (χ4v) is 8.28. The minimum atomic E-state index is -1.45. The maximum Gasteiger partial charge on any atom is 0.234 e. The Hall–Kier alpha value is -1.32. The maximum atomic E-state index is 13.7. The molecule has 3 aliphatic rings. The standard InChI is InChI=1S/C23H29FN4O5S3/c1-12-6-8-23(9-7-12)28(14-4-2-13(24)3-5-14)16(11-34-23)25-21-26-27-22(36-21)35-20-19(32)18(31)17(30)15(10-29)33-20/h2-5,12,15,17-20,29-32H,6-11H2,1H3/t12?,15-,17-,18+,19-,20?,23?/m1/s1. The molecule has 1 aromatic heterocycles. The highest BCUT2D eigenvalue weighted by Gasteiger charge is 2.47. The smallest absolute Gasteiger partial charge is 0.234 e. The molecule has 0 radical (unpaired) electrons. The monoisotopic (exact) mass is 556 g/mol. The quantitative estimate of drug-likeness (QED) is 0.436. The van der Waals surface area contributed by atoms with Gasteiger partial charge in [0.15, 0.2) is 4.34 Å². The number of thioether (sulfide) groups is 2. The van der Waals surface area contributed by atoms with Crippen molar-refractivity contribution in [1.29, 1.82) is 0 Å². The van der Waals surface area contributed by atoms with Gasteiger partial charge in [0.2, 0.25) is 5.13 Å². The molecule has 1 aromatic carbocycles. The average molecular weight is 557 g/mol. The molecule has 9 nitrogen and oxygen atoms in total. The number of amidine groups is 1. The average Bonchev–Trinajstić information content (AvgIpc) is 3.46. The van der Waals surface area contributed by atoms with Gasteiger partial charge in [-0.2, -0.15) is 0 Å². The molecule has 3 fully saturated rings. The third kappa shape index (κ3) is 5.17. The SMILES string of the molecule is CC1CCC2(CC1)SCC(=Nc1nnc(SC3O[C@H](CO)[C@@H](O)[C@H](O)[C@H]3O)s1)N2c1ccc(F)cc1. The van der Waals surface area contributed by atoms with Crippen molar-refractivity contribution in [3.8, 4) is 0 Å². The van der Waals surface area contributed by atoms with E-state index in [2.05, 4.69) is 22.0 Å². The van der Waals surface area contributed by atoms with E-state index in [0.717, 1.165) is 49.0 Å². The number of benzene rings is 1. The van der Waals surface area contributed by atoms with Crippen molar-refractivity contribution in [2.24, 2.45) is 10.9 Å². The molecule has 36 heavy (non-hydrogen) atoms. The summed E-state index contributed by atoms with van der Waals surface area (Å²) < 4.78 is 19.7. The number of nitrogens with zero attached hydrogens (tertiary/aromatic N) is 4. The molecule has 196 valence electrons. The predicted molar refractivity (Wildman–Crippen MR) is 138 cm³/mol. The van der Waals surface area contributed by atoms with Gasteiger partial charge in [-0.15, -0.1) is 22.0 Å². The van der Waals surface area contributed by atoms with Crippen molar-refractivity contribution in [1.82, 2.24) is 10.2 Å². The van der Waals surface area contributed by atoms with Gasteiger partial charge < -0.3 is 30.1 Å². The van der Waals surface area contributed by atoms with Crippen LogP contribution in [0.15, 0.2) is 33.6 Å². The molecule has 2 aliphatic heterocycles. The van der Waals surface area contributed by atoms with Crippen molar-refractivity contribution >= 4 is 51.5 Å². The van der Waals surface area contributed by atoms with Crippen LogP contribution in [-0.2, 0) is 4.74 Å². The molecular weight excluding hydrogens is 527 g/mol. The summed E-state index contributed by atoms with van der Waals surface area (Å²) in [6.07, 6.45) is -0.927. The van der Waals surface area contributed by atoms with Crippen LogP contribution in [0, 0.1) is 11.7 Å². The van der Waals surface area contributed by atoms with Crippen molar-refractivity contribution in [2.75, 3.05) is 17.3 Å². The van der Waals surface area contributed by atoms with Crippen molar-refractivity contribution in [2.45, 2.75) is 71.7 Å². The van der Waals surface area contributed by atoms with E-state index >= 15 is 0 Å². The van der Waals surface area contributed by atoms with Crippen LogP contribution >= 0.6 is 34.9 Å². The van der Waals surface area contributed by atoms with Gasteiger partial charge in [-0.05, 0) is 55.9 Å². The zero-order chi connectivity index (χ0) is 25.4. The van der Waals surface area contributed by atoms with E-state index in [1.54, 1.807) is 12.1 Å². The number of hydrogen-bond donors (Lipinski definition) is 4. The number of aliphatic hydroxyl groups is 4. The van der Waals surface area contributed by atoms with Crippen molar-refractivity contribution < 1.29 is 29.6 Å². The zero-order valence-corrected chi connectivity index (χ0v) is 22.1. The molecule has 1 saturated carbocycles. The maximum absolute atomic E-state index is 13.7. The molecule has 0 amide bonds. The number of halogens is 1. The summed E-state index contributed by atoms with van der Waals surface area (Å²) in [5, 5.41) is 48.5. The predicted octanol–water partition coefficient (Wildman–Crippen LogP) is 2.76. The lowest BCUT2D eigenvalue weighted by Gasteiger charge is -2.43. The Morgan fingerprint density at radius 1 is 1.14 bits per heavy atom. The summed E-state index contributed by atoms with van der Waals surface area (Å²) in [4.78, 5) is 6.93. The number of rotatable bonds is 5. The fourth-order valence-electron chi connectivity index (χ4n) is 4.87. The lowest BCUT2D eigenvalue weighted by molar-refractivity contribution is -0.205. The molecule has 2 saturated heterocycles. The molecule has 13 heteroatoms. The number of anilines is 1. The number of aromatic nitrogens is 2. The molecule has 1 aliphatic carbocycles. The topological polar surface area (TPSA) is 132 Å². The van der Waals surface area contributed by atoms with E-state index in [9.17, 15) is 24.8 Å². The minimum Gasteiger partial charge on any atom is -0.394 e. The first-order chi connectivity index (χ1) is 17.3. The molecule has 1 spiro atoms. The third-order valence-electron chi connectivity index (χ3n) is 6.96. The first-order valence-electron chi connectivity index (χ1n) is 11.9. The first kappa shape index (κ1) is 26.3. The van der Waals surface area contributed by atoms with E-state index in [1.807, 2.05) is 11.8 Å². The highest BCUT2D eigenvalue weighted by Crippen LogP contribution is 2.51. The van der Waals surface area contributed by atoms with Gasteiger partial charge in [-0.1, -0.05) is 30.0 Å². The van der Waals surface area contributed by atoms with Gasteiger partial charge in [0.05, 0.1) is 17.2 Å². The lowest BCUT2D eigenvalue weighted by Crippen LogP contribution is -2.57. The van der Waals surface area contributed by atoms with Crippen LogP contribution in [0.4, 0.5) is 15.2 Å². The molecular formula is C23H29FN4O5S3. The number of aliphatic imine (C=N–C) groups is 1. The second-order valence-electron chi connectivity index (χ2n) is 9.42. The minimum absolute atomic E-state index is 0.123. The first-order valence-corrected chi connectivity index (χ1v) is 14.6. The van der Waals surface area contributed by atoms with Crippen molar-refractivity contribution in [3.05, 3.63) is 30.1 Å². The van der Waals surface area contributed by atoms with Gasteiger partial charge in [0.1, 0.15) is 41.5 Å². The van der Waals surface area contributed by atoms with Crippen LogP contribution in [0.2, 0.25) is 0 Å². The second kappa shape index (κ2) is 10.8. The summed E-state index contributed by atoms with van der Waals surface area (Å²) >= 11 is 4.14. The molecule has 4 N–H and O–H groups in total. The van der Waals surface area contributed by atoms with Crippen LogP contribution in [0.5, 0.6) is 0 Å². The number of ether oxygens (including phenoxy) is 1. The van der Waals surface area contributed by atoms with Crippen LogP contribution < -0.4 is 4.90 Å². The van der Waals surface area contributed by atoms with Gasteiger partial charge >= 0.3 is 0 Å². The Kier molecular flexibility index (Phi) is 7.90. The Morgan fingerprint density at radius 3 is 2.56 bits per heavy atom. The van der Waals surface area contributed by atoms with Crippen LogP contribution in [-0.4, -0.2) is 83.5 Å².